The summed E-state index contributed by atoms with van der Waals surface area (Å²) in [5.41, 5.74) is 0.389. The van der Waals surface area contributed by atoms with Crippen LogP contribution in [0, 0.1) is 12.7 Å². The highest BCUT2D eigenvalue weighted by atomic mass is 35.5. The number of hydrogen-bond acceptors (Lipinski definition) is 4. The molecule has 148 valence electrons. The van der Waals surface area contributed by atoms with Crippen LogP contribution in [0.5, 0.6) is 0 Å². The van der Waals surface area contributed by atoms with Crippen LogP contribution < -0.4 is 0 Å². The Morgan fingerprint density at radius 3 is 2.44 bits per heavy atom. The molecule has 3 rings (SSSR count). The monoisotopic (exact) mass is 422 g/mol. The molecular formula is C16H18ClF3N4O2S. The third-order valence-corrected chi connectivity index (χ3v) is 6.82. The maximum absolute atomic E-state index is 13.9. The molecule has 2 heterocycles. The average Bonchev–Trinajstić information content (AvgIpc) is 3.02. The molecule has 1 fully saturated rings. The van der Waals surface area contributed by atoms with Crippen LogP contribution in [0.15, 0.2) is 29.3 Å². The van der Waals surface area contributed by atoms with Crippen LogP contribution in [0.1, 0.15) is 17.8 Å². The first-order valence-electron chi connectivity index (χ1n) is 8.19. The first-order chi connectivity index (χ1) is 12.7. The van der Waals surface area contributed by atoms with Crippen LogP contribution in [0.4, 0.5) is 13.2 Å². The van der Waals surface area contributed by atoms with Gasteiger partial charge in [-0.05, 0) is 19.1 Å². The molecule has 6 nitrogen and oxygen atoms in total. The van der Waals surface area contributed by atoms with Crippen molar-refractivity contribution in [3.05, 3.63) is 46.5 Å². The molecule has 27 heavy (non-hydrogen) atoms. The quantitative estimate of drug-likeness (QED) is 0.743. The Morgan fingerprint density at radius 2 is 1.89 bits per heavy atom. The van der Waals surface area contributed by atoms with Crippen LogP contribution >= 0.6 is 11.6 Å². The number of rotatable bonds is 5. The van der Waals surface area contributed by atoms with Crippen molar-refractivity contribution in [3.8, 4) is 0 Å². The lowest BCUT2D eigenvalue weighted by molar-refractivity contribution is 0.0561. The molecule has 1 aliphatic rings. The van der Waals surface area contributed by atoms with Gasteiger partial charge in [-0.15, -0.1) is 0 Å². The van der Waals surface area contributed by atoms with Gasteiger partial charge in [0.15, 0.2) is 0 Å². The smallest absolute Gasteiger partial charge is 0.296 e. The van der Waals surface area contributed by atoms with Crippen LogP contribution in [-0.2, 0) is 16.6 Å². The normalized spacial score (nSPS) is 17.0. The summed E-state index contributed by atoms with van der Waals surface area (Å²) in [4.78, 5) is 1.67. The van der Waals surface area contributed by atoms with Gasteiger partial charge >= 0.3 is 6.55 Å². The van der Waals surface area contributed by atoms with Gasteiger partial charge in [-0.2, -0.15) is 18.2 Å². The number of aromatic nitrogens is 2. The molecule has 1 aliphatic heterocycles. The van der Waals surface area contributed by atoms with E-state index in [2.05, 4.69) is 5.10 Å². The summed E-state index contributed by atoms with van der Waals surface area (Å²) in [5.74, 6) is -0.410. The van der Waals surface area contributed by atoms with E-state index in [1.165, 1.54) is 23.4 Å². The number of aryl methyl sites for hydroxylation is 1. The van der Waals surface area contributed by atoms with Crippen molar-refractivity contribution in [2.75, 3.05) is 26.2 Å². The zero-order chi connectivity index (χ0) is 19.8. The van der Waals surface area contributed by atoms with Crippen LogP contribution in [0.3, 0.4) is 0 Å². The van der Waals surface area contributed by atoms with Crippen molar-refractivity contribution in [1.29, 1.82) is 0 Å². The van der Waals surface area contributed by atoms with Gasteiger partial charge < -0.3 is 0 Å². The molecule has 1 aromatic carbocycles. The SMILES string of the molecule is Cc1nn(C(F)F)cc1S(=O)(=O)N1CCN(Cc2c(F)cccc2Cl)CC1. The first kappa shape index (κ1) is 20.1. The fourth-order valence-electron chi connectivity index (χ4n) is 2.99. The molecule has 0 bridgehead atoms. The Hall–Kier alpha value is -1.62. The maximum atomic E-state index is 13.9. The molecule has 0 spiro atoms. The van der Waals surface area contributed by atoms with E-state index in [-0.39, 0.29) is 30.2 Å². The van der Waals surface area contributed by atoms with Crippen molar-refractivity contribution in [2.45, 2.75) is 24.9 Å². The van der Waals surface area contributed by atoms with Gasteiger partial charge in [0, 0.05) is 43.3 Å². The van der Waals surface area contributed by atoms with Crippen molar-refractivity contribution < 1.29 is 21.6 Å². The minimum Gasteiger partial charge on any atom is -0.296 e. The van der Waals surface area contributed by atoms with Gasteiger partial charge in [0.2, 0.25) is 10.0 Å². The lowest BCUT2D eigenvalue weighted by Gasteiger charge is -2.34. The number of halogens is 4. The molecule has 0 radical (unpaired) electrons. The van der Waals surface area contributed by atoms with E-state index in [0.717, 1.165) is 6.20 Å². The summed E-state index contributed by atoms with van der Waals surface area (Å²) >= 11 is 6.03. The highest BCUT2D eigenvalue weighted by Crippen LogP contribution is 2.25. The van der Waals surface area contributed by atoms with Gasteiger partial charge in [0.05, 0.1) is 11.9 Å². The number of hydrogen-bond donors (Lipinski definition) is 0. The Labute approximate surface area is 160 Å². The van der Waals surface area contributed by atoms with Crippen molar-refractivity contribution in [3.63, 3.8) is 0 Å². The van der Waals surface area contributed by atoms with E-state index in [0.29, 0.717) is 28.4 Å². The average molecular weight is 423 g/mol. The predicted molar refractivity (Wildman–Crippen MR) is 93.7 cm³/mol. The molecule has 1 aromatic heterocycles. The van der Waals surface area contributed by atoms with Crippen molar-refractivity contribution >= 4 is 21.6 Å². The molecule has 0 N–H and O–H groups in total. The summed E-state index contributed by atoms with van der Waals surface area (Å²) in [7, 11) is -3.93. The Morgan fingerprint density at radius 1 is 1.22 bits per heavy atom. The summed E-state index contributed by atoms with van der Waals surface area (Å²) < 4.78 is 66.5. The molecule has 11 heteroatoms. The van der Waals surface area contributed by atoms with E-state index >= 15 is 0 Å². The molecule has 0 unspecified atom stereocenters. The van der Waals surface area contributed by atoms with Gasteiger partial charge in [-0.25, -0.2) is 17.5 Å². The fraction of sp³-hybridized carbons (Fsp3) is 0.438. The summed E-state index contributed by atoms with van der Waals surface area (Å²) in [6.45, 7) is -0.210. The fourth-order valence-corrected chi connectivity index (χ4v) is 4.79. The second kappa shape index (κ2) is 7.78. The zero-order valence-corrected chi connectivity index (χ0v) is 16.0. The third kappa shape index (κ3) is 4.13. The van der Waals surface area contributed by atoms with Gasteiger partial charge in [-0.3, -0.25) is 4.90 Å². The molecule has 0 saturated carbocycles. The first-order valence-corrected chi connectivity index (χ1v) is 10.0. The number of nitrogens with zero attached hydrogens (tertiary/aromatic N) is 4. The summed E-state index contributed by atoms with van der Waals surface area (Å²) in [6.07, 6.45) is 0.848. The van der Waals surface area contributed by atoms with Crippen LogP contribution in [0.25, 0.3) is 0 Å². The van der Waals surface area contributed by atoms with Crippen molar-refractivity contribution in [1.82, 2.24) is 19.0 Å². The molecule has 0 atom stereocenters. The van der Waals surface area contributed by atoms with Gasteiger partial charge in [0.1, 0.15) is 10.7 Å². The third-order valence-electron chi connectivity index (χ3n) is 4.46. The molecule has 0 aliphatic carbocycles. The Kier molecular flexibility index (Phi) is 5.80. The number of benzene rings is 1. The van der Waals surface area contributed by atoms with E-state index in [4.69, 9.17) is 11.6 Å². The van der Waals surface area contributed by atoms with Crippen LogP contribution in [0.2, 0.25) is 5.02 Å². The summed E-state index contributed by atoms with van der Waals surface area (Å²) in [6, 6.07) is 4.45. The highest BCUT2D eigenvalue weighted by molar-refractivity contribution is 7.89. The van der Waals surface area contributed by atoms with E-state index in [9.17, 15) is 21.6 Å². The Bertz CT molecular complexity index is 907. The topological polar surface area (TPSA) is 58.4 Å². The maximum Gasteiger partial charge on any atom is 0.333 e. The standard InChI is InChI=1S/C16H18ClF3N4O2S/c1-11-15(10-24(21-11)16(19)20)27(25,26)23-7-5-22(6-8-23)9-12-13(17)3-2-4-14(12)18/h2-4,10,16H,5-9H2,1H3. The highest BCUT2D eigenvalue weighted by Gasteiger charge is 2.32. The molecule has 0 amide bonds. The van der Waals surface area contributed by atoms with Gasteiger partial charge in [0.25, 0.3) is 0 Å². The zero-order valence-electron chi connectivity index (χ0n) is 14.4. The Balaban J connectivity index is 1.70. The number of sulfonamides is 1. The minimum atomic E-state index is -3.93. The van der Waals surface area contributed by atoms with Crippen LogP contribution in [-0.4, -0.2) is 53.6 Å². The van der Waals surface area contributed by atoms with E-state index in [1.807, 2.05) is 4.90 Å². The lowest BCUT2D eigenvalue weighted by Crippen LogP contribution is -2.48. The molecule has 2 aromatic rings. The minimum absolute atomic E-state index is 0.0240. The second-order valence-electron chi connectivity index (χ2n) is 6.22. The molecular weight excluding hydrogens is 405 g/mol. The largest absolute Gasteiger partial charge is 0.333 e. The van der Waals surface area contributed by atoms with E-state index in [1.54, 1.807) is 6.07 Å². The second-order valence-corrected chi connectivity index (χ2v) is 8.53. The number of alkyl halides is 2. The molecule has 1 saturated heterocycles. The van der Waals surface area contributed by atoms with Gasteiger partial charge in [-0.1, -0.05) is 17.7 Å². The number of piperazine rings is 1. The lowest BCUT2D eigenvalue weighted by atomic mass is 10.2. The summed E-state index contributed by atoms with van der Waals surface area (Å²) in [5, 5.41) is 3.88. The van der Waals surface area contributed by atoms with Crippen molar-refractivity contribution in [2.24, 2.45) is 0 Å². The van der Waals surface area contributed by atoms with E-state index < -0.39 is 22.4 Å². The predicted octanol–water partition coefficient (Wildman–Crippen LogP) is 2.89.